The van der Waals surface area contributed by atoms with Gasteiger partial charge in [0.15, 0.2) is 5.67 Å². The average Bonchev–Trinajstić information content (AvgIpc) is 2.43. The summed E-state index contributed by atoms with van der Waals surface area (Å²) in [5, 5.41) is 0. The van der Waals surface area contributed by atoms with Gasteiger partial charge in [0.05, 0.1) is 0 Å². The molecule has 2 rings (SSSR count). The van der Waals surface area contributed by atoms with Crippen LogP contribution in [0.15, 0.2) is 24.3 Å². The van der Waals surface area contributed by atoms with Crippen LogP contribution >= 0.6 is 0 Å². The first-order chi connectivity index (χ1) is 8.23. The smallest absolute Gasteiger partial charge is 0.289 e. The van der Waals surface area contributed by atoms with Gasteiger partial charge in [0, 0.05) is 12.3 Å². The fourth-order valence-corrected chi connectivity index (χ4v) is 2.41. The summed E-state index contributed by atoms with van der Waals surface area (Å²) >= 11 is 0. The first-order valence-electron chi connectivity index (χ1n) is 5.90. The third-order valence-corrected chi connectivity index (χ3v) is 3.65. The summed E-state index contributed by atoms with van der Waals surface area (Å²) in [6.07, 6.45) is -0.540. The van der Waals surface area contributed by atoms with Crippen molar-refractivity contribution in [3.8, 4) is 0 Å². The number of aryl methyl sites for hydroxylation is 1. The maximum atomic E-state index is 14.1. The van der Waals surface area contributed by atoms with Gasteiger partial charge in [0.2, 0.25) is 5.78 Å². The molecule has 0 radical (unpaired) electrons. The Morgan fingerprint density at radius 2 is 1.78 bits per heavy atom. The van der Waals surface area contributed by atoms with Crippen LogP contribution in [-0.4, -0.2) is 17.4 Å². The summed E-state index contributed by atoms with van der Waals surface area (Å²) in [5.41, 5.74) is -0.608. The van der Waals surface area contributed by atoms with Crippen molar-refractivity contribution in [1.82, 2.24) is 0 Å². The number of carbonyl (C=O) groups excluding carboxylic acids is 1. The summed E-state index contributed by atoms with van der Waals surface area (Å²) in [5.74, 6) is -6.06. The quantitative estimate of drug-likeness (QED) is 0.791. The highest BCUT2D eigenvalue weighted by Gasteiger charge is 2.62. The molecule has 4 heteroatoms. The lowest BCUT2D eigenvalue weighted by molar-refractivity contribution is -0.146. The van der Waals surface area contributed by atoms with Crippen molar-refractivity contribution in [3.63, 3.8) is 0 Å². The third-order valence-electron chi connectivity index (χ3n) is 3.65. The fraction of sp³-hybridized carbons (Fsp3) is 0.500. The van der Waals surface area contributed by atoms with E-state index in [1.807, 2.05) is 19.1 Å². The molecule has 1 saturated carbocycles. The van der Waals surface area contributed by atoms with E-state index in [9.17, 15) is 18.0 Å². The largest absolute Gasteiger partial charge is 0.308 e. The van der Waals surface area contributed by atoms with Crippen molar-refractivity contribution in [1.29, 1.82) is 0 Å². The fourth-order valence-electron chi connectivity index (χ4n) is 2.41. The number of rotatable bonds is 2. The molecule has 0 N–H and O–H groups in total. The minimum Gasteiger partial charge on any atom is -0.289 e. The van der Waals surface area contributed by atoms with E-state index in [2.05, 4.69) is 0 Å². The Morgan fingerprint density at radius 3 is 2.22 bits per heavy atom. The van der Waals surface area contributed by atoms with Gasteiger partial charge >= 0.3 is 5.92 Å². The van der Waals surface area contributed by atoms with Crippen molar-refractivity contribution in [2.24, 2.45) is 5.92 Å². The van der Waals surface area contributed by atoms with Gasteiger partial charge in [-0.05, 0) is 25.8 Å². The van der Waals surface area contributed by atoms with Gasteiger partial charge in [0.1, 0.15) is 0 Å². The Labute approximate surface area is 104 Å². The standard InChI is InChI=1S/C14H15F3O/c1-9-3-5-10(6-4-9)7-11-8-14(16,17)12(18)13(11,2)15/h3-6,11H,7-8H2,1-2H3. The number of hydrogen-bond acceptors (Lipinski definition) is 1. The lowest BCUT2D eigenvalue weighted by Crippen LogP contribution is -2.37. The van der Waals surface area contributed by atoms with E-state index < -0.39 is 29.7 Å². The van der Waals surface area contributed by atoms with Crippen LogP contribution in [0.3, 0.4) is 0 Å². The predicted molar refractivity (Wildman–Crippen MR) is 62.5 cm³/mol. The molecule has 1 aliphatic rings. The highest BCUT2D eigenvalue weighted by Crippen LogP contribution is 2.46. The molecule has 0 bridgehead atoms. The molecule has 18 heavy (non-hydrogen) atoms. The third kappa shape index (κ3) is 2.16. The number of Topliss-reactive ketones (excluding diaryl/α,β-unsaturated/α-hetero) is 1. The van der Waals surface area contributed by atoms with Gasteiger partial charge in [-0.15, -0.1) is 0 Å². The molecule has 0 aliphatic heterocycles. The predicted octanol–water partition coefficient (Wildman–Crippen LogP) is 3.49. The second-order valence-corrected chi connectivity index (χ2v) is 5.20. The van der Waals surface area contributed by atoms with Gasteiger partial charge in [0.25, 0.3) is 0 Å². The molecule has 98 valence electrons. The van der Waals surface area contributed by atoms with Crippen LogP contribution in [0.5, 0.6) is 0 Å². The zero-order chi connectivity index (χ0) is 13.6. The Balaban J connectivity index is 2.20. The zero-order valence-corrected chi connectivity index (χ0v) is 10.3. The Hall–Kier alpha value is -1.32. The molecule has 1 aromatic rings. The Morgan fingerprint density at radius 1 is 1.22 bits per heavy atom. The number of hydrogen-bond donors (Lipinski definition) is 0. The molecular formula is C14H15F3O. The average molecular weight is 256 g/mol. The minimum atomic E-state index is -3.53. The van der Waals surface area contributed by atoms with Crippen LogP contribution in [0.4, 0.5) is 13.2 Å². The number of carbonyl (C=O) groups is 1. The first kappa shape index (κ1) is 13.1. The van der Waals surface area contributed by atoms with Crippen LogP contribution in [0, 0.1) is 12.8 Å². The van der Waals surface area contributed by atoms with Crippen LogP contribution in [0.1, 0.15) is 24.5 Å². The second kappa shape index (κ2) is 4.11. The molecule has 1 nitrogen and oxygen atoms in total. The monoisotopic (exact) mass is 256 g/mol. The van der Waals surface area contributed by atoms with Crippen molar-refractivity contribution in [3.05, 3.63) is 35.4 Å². The molecule has 1 aromatic carbocycles. The van der Waals surface area contributed by atoms with Gasteiger partial charge in [-0.25, -0.2) is 4.39 Å². The minimum absolute atomic E-state index is 0.161. The van der Waals surface area contributed by atoms with E-state index in [4.69, 9.17) is 0 Å². The lowest BCUT2D eigenvalue weighted by Gasteiger charge is -2.20. The molecule has 0 aromatic heterocycles. The van der Waals surface area contributed by atoms with Gasteiger partial charge in [-0.3, -0.25) is 4.79 Å². The molecule has 0 saturated heterocycles. The molecule has 0 spiro atoms. The van der Waals surface area contributed by atoms with Crippen LogP contribution < -0.4 is 0 Å². The van der Waals surface area contributed by atoms with E-state index in [1.54, 1.807) is 12.1 Å². The molecule has 0 amide bonds. The summed E-state index contributed by atoms with van der Waals surface area (Å²) in [6.45, 7) is 2.88. The highest BCUT2D eigenvalue weighted by atomic mass is 19.3. The number of ketones is 1. The highest BCUT2D eigenvalue weighted by molar-refractivity contribution is 5.95. The number of halogens is 3. The summed E-state index contributed by atoms with van der Waals surface area (Å²) in [7, 11) is 0. The molecule has 0 heterocycles. The molecule has 1 aliphatic carbocycles. The van der Waals surface area contributed by atoms with E-state index in [0.717, 1.165) is 18.1 Å². The zero-order valence-electron chi connectivity index (χ0n) is 10.3. The Bertz CT molecular complexity index is 462. The van der Waals surface area contributed by atoms with E-state index in [-0.39, 0.29) is 6.42 Å². The molecule has 2 atom stereocenters. The summed E-state index contributed by atoms with van der Waals surface area (Å²) < 4.78 is 40.6. The van der Waals surface area contributed by atoms with Crippen LogP contribution in [0.2, 0.25) is 0 Å². The molecule has 1 fully saturated rings. The van der Waals surface area contributed by atoms with Crippen molar-refractivity contribution in [2.75, 3.05) is 0 Å². The van der Waals surface area contributed by atoms with E-state index >= 15 is 0 Å². The SMILES string of the molecule is Cc1ccc(CC2CC(F)(F)C(=O)C2(C)F)cc1. The van der Waals surface area contributed by atoms with E-state index in [1.165, 1.54) is 0 Å². The molecule has 2 unspecified atom stereocenters. The first-order valence-corrected chi connectivity index (χ1v) is 5.90. The van der Waals surface area contributed by atoms with Gasteiger partial charge < -0.3 is 0 Å². The normalized spacial score (nSPS) is 30.7. The van der Waals surface area contributed by atoms with Crippen molar-refractivity contribution >= 4 is 5.78 Å². The van der Waals surface area contributed by atoms with Crippen LogP contribution in [-0.2, 0) is 11.2 Å². The van der Waals surface area contributed by atoms with Gasteiger partial charge in [-0.1, -0.05) is 29.8 Å². The maximum Gasteiger partial charge on any atom is 0.308 e. The second-order valence-electron chi connectivity index (χ2n) is 5.20. The summed E-state index contributed by atoms with van der Waals surface area (Å²) in [6, 6.07) is 7.26. The van der Waals surface area contributed by atoms with Crippen molar-refractivity contribution < 1.29 is 18.0 Å². The number of alkyl halides is 3. The van der Waals surface area contributed by atoms with Crippen molar-refractivity contribution in [2.45, 2.75) is 38.3 Å². The maximum absolute atomic E-state index is 14.1. The Kier molecular flexibility index (Phi) is 2.99. The van der Waals surface area contributed by atoms with Gasteiger partial charge in [-0.2, -0.15) is 8.78 Å². The topological polar surface area (TPSA) is 17.1 Å². The summed E-state index contributed by atoms with van der Waals surface area (Å²) in [4.78, 5) is 11.3. The van der Waals surface area contributed by atoms with Crippen LogP contribution in [0.25, 0.3) is 0 Å². The molecular weight excluding hydrogens is 241 g/mol. The number of benzene rings is 1. The van der Waals surface area contributed by atoms with E-state index in [0.29, 0.717) is 0 Å². The lowest BCUT2D eigenvalue weighted by atomic mass is 9.88.